The molecule has 0 atom stereocenters. The Balaban J connectivity index is 2.06. The van der Waals surface area contributed by atoms with Gasteiger partial charge < -0.3 is 9.84 Å². The zero-order chi connectivity index (χ0) is 14.8. The second-order valence-corrected chi connectivity index (χ2v) is 6.16. The minimum atomic E-state index is -0.849. The van der Waals surface area contributed by atoms with Crippen LogP contribution in [0.25, 0.3) is 0 Å². The van der Waals surface area contributed by atoms with E-state index in [1.165, 1.54) is 11.5 Å². The van der Waals surface area contributed by atoms with E-state index < -0.39 is 5.97 Å². The monoisotopic (exact) mass is 292 g/mol. The van der Waals surface area contributed by atoms with Crippen LogP contribution >= 0.6 is 11.5 Å². The number of hydrogen-bond acceptors (Lipinski definition) is 5. The highest BCUT2D eigenvalue weighted by atomic mass is 32.1. The first kappa shape index (κ1) is 14.5. The lowest BCUT2D eigenvalue weighted by Gasteiger charge is -2.12. The second-order valence-electron chi connectivity index (χ2n) is 5.45. The predicted octanol–water partition coefficient (Wildman–Crippen LogP) is 3.26. The normalized spacial score (nSPS) is 11.3. The summed E-state index contributed by atoms with van der Waals surface area (Å²) in [6.07, 6.45) is 0.00720. The molecule has 0 bridgehead atoms. The number of carboxylic acid groups (broad SMARTS) is 1. The Morgan fingerprint density at radius 3 is 2.45 bits per heavy atom. The van der Waals surface area contributed by atoms with Crippen molar-refractivity contribution in [2.75, 3.05) is 0 Å². The first-order chi connectivity index (χ1) is 9.34. The molecule has 0 aliphatic carbocycles. The highest BCUT2D eigenvalue weighted by molar-refractivity contribution is 7.07. The fourth-order valence-electron chi connectivity index (χ4n) is 1.51. The molecule has 1 N–H and O–H groups in total. The van der Waals surface area contributed by atoms with Gasteiger partial charge in [0.1, 0.15) is 5.75 Å². The lowest BCUT2D eigenvalue weighted by molar-refractivity contribution is -0.136. The average molecular weight is 292 g/mol. The van der Waals surface area contributed by atoms with Crippen molar-refractivity contribution in [2.24, 2.45) is 0 Å². The van der Waals surface area contributed by atoms with Crippen LogP contribution in [-0.2, 0) is 16.6 Å². The Bertz CT molecular complexity index is 600. The van der Waals surface area contributed by atoms with Crippen LogP contribution in [0.5, 0.6) is 10.9 Å². The van der Waals surface area contributed by atoms with E-state index in [9.17, 15) is 4.79 Å². The van der Waals surface area contributed by atoms with Crippen LogP contribution < -0.4 is 4.74 Å². The van der Waals surface area contributed by atoms with Crippen LogP contribution in [0.15, 0.2) is 24.3 Å². The average Bonchev–Trinajstić information content (AvgIpc) is 2.79. The zero-order valence-corrected chi connectivity index (χ0v) is 12.4. The van der Waals surface area contributed by atoms with E-state index in [0.717, 1.165) is 11.4 Å². The summed E-state index contributed by atoms with van der Waals surface area (Å²) in [5, 5.41) is 9.19. The molecule has 2 rings (SSSR count). The minimum absolute atomic E-state index is 0.00720. The summed E-state index contributed by atoms with van der Waals surface area (Å²) in [4.78, 5) is 14.9. The van der Waals surface area contributed by atoms with E-state index in [2.05, 4.69) is 9.36 Å². The third-order valence-electron chi connectivity index (χ3n) is 2.56. The van der Waals surface area contributed by atoms with Gasteiger partial charge in [-0.2, -0.15) is 9.36 Å². The molecule has 0 unspecified atom stereocenters. The predicted molar refractivity (Wildman–Crippen MR) is 76.5 cm³/mol. The van der Waals surface area contributed by atoms with Gasteiger partial charge >= 0.3 is 5.97 Å². The Kier molecular flexibility index (Phi) is 4.04. The fourth-order valence-corrected chi connectivity index (χ4v) is 2.25. The quantitative estimate of drug-likeness (QED) is 0.936. The highest BCUT2D eigenvalue weighted by Gasteiger charge is 2.20. The fraction of sp³-hybridized carbons (Fsp3) is 0.357. The van der Waals surface area contributed by atoms with Gasteiger partial charge in [-0.05, 0) is 17.7 Å². The molecule has 0 saturated heterocycles. The van der Waals surface area contributed by atoms with E-state index in [1.807, 2.05) is 20.8 Å². The van der Waals surface area contributed by atoms with Crippen molar-refractivity contribution in [1.82, 2.24) is 9.36 Å². The molecule has 0 radical (unpaired) electrons. The van der Waals surface area contributed by atoms with Crippen molar-refractivity contribution in [2.45, 2.75) is 32.6 Å². The maximum absolute atomic E-state index is 10.6. The second kappa shape index (κ2) is 5.58. The van der Waals surface area contributed by atoms with Crippen molar-refractivity contribution >= 4 is 17.5 Å². The molecule has 0 spiro atoms. The van der Waals surface area contributed by atoms with Gasteiger partial charge in [-0.25, -0.2) is 0 Å². The zero-order valence-electron chi connectivity index (χ0n) is 11.6. The van der Waals surface area contributed by atoms with Crippen LogP contribution in [0.2, 0.25) is 0 Å². The van der Waals surface area contributed by atoms with E-state index in [1.54, 1.807) is 24.3 Å². The Hall–Kier alpha value is -1.95. The van der Waals surface area contributed by atoms with Crippen molar-refractivity contribution in [3.05, 3.63) is 35.7 Å². The summed E-state index contributed by atoms with van der Waals surface area (Å²) in [6.45, 7) is 6.12. The SMILES string of the molecule is CC(C)(C)c1nsc(Oc2ccc(CC(=O)O)cc2)n1. The first-order valence-electron chi connectivity index (χ1n) is 6.17. The van der Waals surface area contributed by atoms with Crippen molar-refractivity contribution < 1.29 is 14.6 Å². The van der Waals surface area contributed by atoms with E-state index in [4.69, 9.17) is 9.84 Å². The molecule has 106 valence electrons. The third-order valence-corrected chi connectivity index (χ3v) is 3.16. The molecular weight excluding hydrogens is 276 g/mol. The van der Waals surface area contributed by atoms with Crippen molar-refractivity contribution in [3.8, 4) is 10.9 Å². The van der Waals surface area contributed by atoms with Gasteiger partial charge in [0, 0.05) is 16.9 Å². The molecule has 0 aliphatic rings. The molecular formula is C14H16N2O3S. The molecule has 1 aromatic heterocycles. The lowest BCUT2D eigenvalue weighted by atomic mass is 9.96. The summed E-state index contributed by atoms with van der Waals surface area (Å²) in [5.74, 6) is 0.522. The van der Waals surface area contributed by atoms with E-state index >= 15 is 0 Å². The maximum atomic E-state index is 10.6. The topological polar surface area (TPSA) is 72.3 Å². The van der Waals surface area contributed by atoms with Gasteiger partial charge in [0.15, 0.2) is 5.82 Å². The lowest BCUT2D eigenvalue weighted by Crippen LogP contribution is -2.12. The summed E-state index contributed by atoms with van der Waals surface area (Å²) >= 11 is 1.21. The van der Waals surface area contributed by atoms with Crippen molar-refractivity contribution in [3.63, 3.8) is 0 Å². The van der Waals surface area contributed by atoms with Gasteiger partial charge in [0.2, 0.25) is 0 Å². The standard InChI is InChI=1S/C14H16N2O3S/c1-14(2,3)12-15-13(20-16-12)19-10-6-4-9(5-7-10)8-11(17)18/h4-7H,8H2,1-3H3,(H,17,18). The number of carbonyl (C=O) groups is 1. The molecule has 0 fully saturated rings. The summed E-state index contributed by atoms with van der Waals surface area (Å²) in [6, 6.07) is 6.93. The Morgan fingerprint density at radius 2 is 1.95 bits per heavy atom. The van der Waals surface area contributed by atoms with Crippen LogP contribution in [-0.4, -0.2) is 20.4 Å². The van der Waals surface area contributed by atoms with Gasteiger partial charge in [-0.15, -0.1) is 0 Å². The molecule has 6 heteroatoms. The summed E-state index contributed by atoms with van der Waals surface area (Å²) in [5.41, 5.74) is 0.626. The van der Waals surface area contributed by atoms with Crippen LogP contribution in [0.3, 0.4) is 0 Å². The molecule has 1 heterocycles. The minimum Gasteiger partial charge on any atom is -0.481 e. The molecule has 2 aromatic rings. The third kappa shape index (κ3) is 3.77. The van der Waals surface area contributed by atoms with Gasteiger partial charge in [0.05, 0.1) is 6.42 Å². The van der Waals surface area contributed by atoms with Gasteiger partial charge in [-0.1, -0.05) is 32.9 Å². The molecule has 5 nitrogen and oxygen atoms in total. The van der Waals surface area contributed by atoms with E-state index in [0.29, 0.717) is 10.9 Å². The number of nitrogens with zero attached hydrogens (tertiary/aromatic N) is 2. The smallest absolute Gasteiger partial charge is 0.307 e. The van der Waals surface area contributed by atoms with Crippen LogP contribution in [0.4, 0.5) is 0 Å². The first-order valence-corrected chi connectivity index (χ1v) is 6.95. The Morgan fingerprint density at radius 1 is 1.30 bits per heavy atom. The number of rotatable bonds is 4. The Labute approximate surface area is 121 Å². The van der Waals surface area contributed by atoms with E-state index in [-0.39, 0.29) is 11.8 Å². The molecule has 20 heavy (non-hydrogen) atoms. The molecule has 0 aliphatic heterocycles. The highest BCUT2D eigenvalue weighted by Crippen LogP contribution is 2.28. The number of carboxylic acids is 1. The molecule has 0 saturated carbocycles. The molecule has 0 amide bonds. The maximum Gasteiger partial charge on any atom is 0.307 e. The number of ether oxygens (including phenoxy) is 1. The number of hydrogen-bond donors (Lipinski definition) is 1. The summed E-state index contributed by atoms with van der Waals surface area (Å²) in [7, 11) is 0. The number of aromatic nitrogens is 2. The number of benzene rings is 1. The van der Waals surface area contributed by atoms with Crippen LogP contribution in [0, 0.1) is 0 Å². The van der Waals surface area contributed by atoms with Crippen LogP contribution in [0.1, 0.15) is 32.2 Å². The van der Waals surface area contributed by atoms with Gasteiger partial charge in [0.25, 0.3) is 5.19 Å². The largest absolute Gasteiger partial charge is 0.481 e. The van der Waals surface area contributed by atoms with Crippen molar-refractivity contribution in [1.29, 1.82) is 0 Å². The number of aliphatic carboxylic acids is 1. The molecule has 1 aromatic carbocycles. The van der Waals surface area contributed by atoms with Gasteiger partial charge in [-0.3, -0.25) is 4.79 Å². The summed E-state index contributed by atoms with van der Waals surface area (Å²) < 4.78 is 9.88.